The Balaban J connectivity index is 1.78. The minimum atomic E-state index is 1.14. The molecule has 3 rings (SSSR count). The Hall–Kier alpha value is 0. The third-order valence-corrected chi connectivity index (χ3v) is 5.64. The molecule has 3 aliphatic carbocycles. The summed E-state index contributed by atoms with van der Waals surface area (Å²) in [4.78, 5) is 0. The molecular formula is C15H26. The molecule has 0 heteroatoms. The van der Waals surface area contributed by atoms with Crippen LogP contribution in [0.4, 0.5) is 0 Å². The van der Waals surface area contributed by atoms with Gasteiger partial charge < -0.3 is 0 Å². The first kappa shape index (κ1) is 10.2. The van der Waals surface area contributed by atoms with Crippen LogP contribution in [0.5, 0.6) is 0 Å². The minimum Gasteiger partial charge on any atom is -0.0533 e. The predicted molar refractivity (Wildman–Crippen MR) is 64.7 cm³/mol. The van der Waals surface area contributed by atoms with Gasteiger partial charge in [-0.3, -0.25) is 0 Å². The van der Waals surface area contributed by atoms with E-state index in [0.717, 1.165) is 23.7 Å². The van der Waals surface area contributed by atoms with Crippen molar-refractivity contribution in [1.29, 1.82) is 0 Å². The highest BCUT2D eigenvalue weighted by molar-refractivity contribution is 4.90. The Morgan fingerprint density at radius 2 is 0.867 bits per heavy atom. The lowest BCUT2D eigenvalue weighted by atomic mass is 9.75. The fourth-order valence-corrected chi connectivity index (χ4v) is 4.97. The van der Waals surface area contributed by atoms with Gasteiger partial charge in [-0.15, -0.1) is 0 Å². The smallest absolute Gasteiger partial charge is 0.0355 e. The SMILES string of the molecule is C1CCC2CCCC3CCCC3C2CC1. The zero-order chi connectivity index (χ0) is 10.1. The van der Waals surface area contributed by atoms with Gasteiger partial charge in [0.2, 0.25) is 0 Å². The first-order chi connectivity index (χ1) is 7.45. The first-order valence-electron chi connectivity index (χ1n) is 7.45. The summed E-state index contributed by atoms with van der Waals surface area (Å²) < 4.78 is 0. The van der Waals surface area contributed by atoms with Crippen molar-refractivity contribution in [2.24, 2.45) is 23.7 Å². The van der Waals surface area contributed by atoms with Crippen LogP contribution in [0.1, 0.15) is 70.6 Å². The van der Waals surface area contributed by atoms with Gasteiger partial charge in [0.25, 0.3) is 0 Å². The molecule has 0 heterocycles. The van der Waals surface area contributed by atoms with E-state index in [4.69, 9.17) is 0 Å². The topological polar surface area (TPSA) is 0 Å². The van der Waals surface area contributed by atoms with Crippen molar-refractivity contribution < 1.29 is 0 Å². The van der Waals surface area contributed by atoms with E-state index in [1.165, 1.54) is 6.42 Å². The van der Waals surface area contributed by atoms with Crippen LogP contribution in [0.3, 0.4) is 0 Å². The summed E-state index contributed by atoms with van der Waals surface area (Å²) in [5.74, 6) is 4.61. The van der Waals surface area contributed by atoms with E-state index >= 15 is 0 Å². The van der Waals surface area contributed by atoms with Crippen LogP contribution >= 0.6 is 0 Å². The van der Waals surface area contributed by atoms with E-state index in [1.54, 1.807) is 64.2 Å². The molecule has 0 aromatic carbocycles. The highest BCUT2D eigenvalue weighted by atomic mass is 14.4. The largest absolute Gasteiger partial charge is 0.0533 e. The van der Waals surface area contributed by atoms with Crippen LogP contribution in [-0.2, 0) is 0 Å². The molecular weight excluding hydrogens is 180 g/mol. The Bertz CT molecular complexity index is 208. The predicted octanol–water partition coefficient (Wildman–Crippen LogP) is 4.78. The van der Waals surface area contributed by atoms with Gasteiger partial charge in [0, 0.05) is 0 Å². The van der Waals surface area contributed by atoms with Crippen molar-refractivity contribution in [3.8, 4) is 0 Å². The fourth-order valence-electron chi connectivity index (χ4n) is 4.97. The number of fused-ring (bicyclic) bond motifs is 3. The normalized spacial score (nSPS) is 46.4. The zero-order valence-electron chi connectivity index (χ0n) is 10.1. The second-order valence-corrected chi connectivity index (χ2v) is 6.35. The summed E-state index contributed by atoms with van der Waals surface area (Å²) in [6, 6.07) is 0. The molecule has 0 saturated heterocycles. The molecule has 0 bridgehead atoms. The Kier molecular flexibility index (Phi) is 3.03. The molecule has 0 amide bonds. The van der Waals surface area contributed by atoms with Gasteiger partial charge in [0.1, 0.15) is 0 Å². The molecule has 0 radical (unpaired) electrons. The summed E-state index contributed by atoms with van der Waals surface area (Å²) in [6.07, 6.45) is 17.2. The first-order valence-corrected chi connectivity index (χ1v) is 7.45. The monoisotopic (exact) mass is 206 g/mol. The lowest BCUT2D eigenvalue weighted by molar-refractivity contribution is 0.190. The van der Waals surface area contributed by atoms with Crippen molar-refractivity contribution in [2.75, 3.05) is 0 Å². The van der Waals surface area contributed by atoms with Gasteiger partial charge in [-0.05, 0) is 36.5 Å². The molecule has 3 aliphatic rings. The molecule has 0 aromatic heterocycles. The Labute approximate surface area is 94.8 Å². The van der Waals surface area contributed by atoms with Crippen LogP contribution in [0.2, 0.25) is 0 Å². The van der Waals surface area contributed by atoms with Crippen molar-refractivity contribution in [2.45, 2.75) is 70.6 Å². The molecule has 0 aliphatic heterocycles. The van der Waals surface area contributed by atoms with Crippen LogP contribution in [-0.4, -0.2) is 0 Å². The quantitative estimate of drug-likeness (QED) is 0.535. The van der Waals surface area contributed by atoms with Crippen molar-refractivity contribution >= 4 is 0 Å². The van der Waals surface area contributed by atoms with Crippen LogP contribution in [0, 0.1) is 23.7 Å². The second-order valence-electron chi connectivity index (χ2n) is 6.35. The van der Waals surface area contributed by atoms with Crippen molar-refractivity contribution in [1.82, 2.24) is 0 Å². The summed E-state index contributed by atoms with van der Waals surface area (Å²) in [6.45, 7) is 0. The van der Waals surface area contributed by atoms with Gasteiger partial charge in [0.05, 0.1) is 0 Å². The maximum absolute atomic E-state index is 1.59. The van der Waals surface area contributed by atoms with Crippen LogP contribution in [0.15, 0.2) is 0 Å². The van der Waals surface area contributed by atoms with E-state index in [9.17, 15) is 0 Å². The minimum absolute atomic E-state index is 1.14. The molecule has 0 spiro atoms. The van der Waals surface area contributed by atoms with Gasteiger partial charge in [-0.25, -0.2) is 0 Å². The average molecular weight is 206 g/mol. The standard InChI is InChI=1S/C15H26/c1-2-6-12-7-4-8-13-9-5-11-15(13)14(12)10-3-1/h12-15H,1-11H2. The number of hydrogen-bond acceptors (Lipinski definition) is 0. The summed E-state index contributed by atoms with van der Waals surface area (Å²) in [5.41, 5.74) is 0. The molecule has 3 saturated carbocycles. The average Bonchev–Trinajstić information content (AvgIpc) is 2.49. The maximum Gasteiger partial charge on any atom is -0.0355 e. The Morgan fingerprint density at radius 1 is 0.400 bits per heavy atom. The highest BCUT2D eigenvalue weighted by Gasteiger charge is 2.39. The summed E-state index contributed by atoms with van der Waals surface area (Å²) >= 11 is 0. The van der Waals surface area contributed by atoms with Crippen molar-refractivity contribution in [3.63, 3.8) is 0 Å². The maximum atomic E-state index is 1.59. The van der Waals surface area contributed by atoms with E-state index in [1.807, 2.05) is 0 Å². The van der Waals surface area contributed by atoms with Crippen LogP contribution < -0.4 is 0 Å². The molecule has 0 nitrogen and oxygen atoms in total. The molecule has 0 N–H and O–H groups in total. The lowest BCUT2D eigenvalue weighted by Gasteiger charge is -2.30. The van der Waals surface area contributed by atoms with Gasteiger partial charge in [-0.1, -0.05) is 57.8 Å². The van der Waals surface area contributed by atoms with E-state index in [-0.39, 0.29) is 0 Å². The molecule has 86 valence electrons. The molecule has 0 aromatic rings. The van der Waals surface area contributed by atoms with Crippen LogP contribution in [0.25, 0.3) is 0 Å². The van der Waals surface area contributed by atoms with Gasteiger partial charge in [-0.2, -0.15) is 0 Å². The molecule has 4 atom stereocenters. The summed E-state index contributed by atoms with van der Waals surface area (Å²) in [5, 5.41) is 0. The van der Waals surface area contributed by atoms with E-state index in [0.29, 0.717) is 0 Å². The van der Waals surface area contributed by atoms with Crippen molar-refractivity contribution in [3.05, 3.63) is 0 Å². The Morgan fingerprint density at radius 3 is 1.60 bits per heavy atom. The number of hydrogen-bond donors (Lipinski definition) is 0. The summed E-state index contributed by atoms with van der Waals surface area (Å²) in [7, 11) is 0. The number of rotatable bonds is 0. The highest BCUT2D eigenvalue weighted by Crippen LogP contribution is 2.50. The third-order valence-electron chi connectivity index (χ3n) is 5.64. The third kappa shape index (κ3) is 1.97. The molecule has 15 heavy (non-hydrogen) atoms. The fraction of sp³-hybridized carbons (Fsp3) is 1.00. The lowest BCUT2D eigenvalue weighted by Crippen LogP contribution is -2.22. The van der Waals surface area contributed by atoms with E-state index < -0.39 is 0 Å². The molecule has 4 unspecified atom stereocenters. The van der Waals surface area contributed by atoms with E-state index in [2.05, 4.69) is 0 Å². The van der Waals surface area contributed by atoms with Gasteiger partial charge >= 0.3 is 0 Å². The zero-order valence-corrected chi connectivity index (χ0v) is 10.1. The molecule has 3 fully saturated rings. The second kappa shape index (κ2) is 4.47. The van der Waals surface area contributed by atoms with Gasteiger partial charge in [0.15, 0.2) is 0 Å².